The fraction of sp³-hybridized carbons (Fsp3) is 0.222. The van der Waals surface area contributed by atoms with Gasteiger partial charge in [-0.25, -0.2) is 0 Å². The number of amides is 1. The Kier molecular flexibility index (Phi) is 6.68. The third-order valence-electron chi connectivity index (χ3n) is 3.46. The van der Waals surface area contributed by atoms with Gasteiger partial charge in [0.25, 0.3) is 5.91 Å². The average Bonchev–Trinajstić information content (AvgIpc) is 2.61. The van der Waals surface area contributed by atoms with Crippen LogP contribution in [0.5, 0.6) is 5.75 Å². The molecule has 0 aliphatic heterocycles. The number of carbonyl (C=O) groups excluding carboxylic acids is 2. The van der Waals surface area contributed by atoms with E-state index in [-0.39, 0.29) is 11.4 Å². The second-order valence-electron chi connectivity index (χ2n) is 5.39. The summed E-state index contributed by atoms with van der Waals surface area (Å²) in [7, 11) is 1.51. The summed E-state index contributed by atoms with van der Waals surface area (Å²) < 4.78 is 48.7. The highest BCUT2D eigenvalue weighted by atomic mass is 35.5. The Morgan fingerprint density at radius 2 is 1.78 bits per heavy atom. The number of hydrogen-bond acceptors (Lipinski definition) is 4. The van der Waals surface area contributed by atoms with Crippen molar-refractivity contribution >= 4 is 29.2 Å². The molecule has 9 heteroatoms. The smallest absolute Gasteiger partial charge is 0.418 e. The maximum absolute atomic E-state index is 13.0. The van der Waals surface area contributed by atoms with Crippen LogP contribution >= 0.6 is 11.6 Å². The van der Waals surface area contributed by atoms with Gasteiger partial charge in [-0.05, 0) is 29.8 Å². The van der Waals surface area contributed by atoms with Crippen molar-refractivity contribution in [3.05, 3.63) is 58.6 Å². The van der Waals surface area contributed by atoms with Crippen LogP contribution in [0, 0.1) is 0 Å². The zero-order chi connectivity index (χ0) is 20.0. The van der Waals surface area contributed by atoms with Crippen LogP contribution in [-0.4, -0.2) is 25.6 Å². The van der Waals surface area contributed by atoms with Crippen LogP contribution in [0.3, 0.4) is 0 Å². The Labute approximate surface area is 158 Å². The fourth-order valence-corrected chi connectivity index (χ4v) is 2.39. The Balaban J connectivity index is 1.93. The average molecular weight is 402 g/mol. The number of hydrogen-bond donors (Lipinski definition) is 1. The van der Waals surface area contributed by atoms with Gasteiger partial charge in [0, 0.05) is 0 Å². The second-order valence-corrected chi connectivity index (χ2v) is 5.80. The summed E-state index contributed by atoms with van der Waals surface area (Å²) in [6, 6.07) is 9.74. The summed E-state index contributed by atoms with van der Waals surface area (Å²) in [5.74, 6) is -1.02. The number of halogens is 4. The van der Waals surface area contributed by atoms with Gasteiger partial charge in [-0.2, -0.15) is 13.2 Å². The van der Waals surface area contributed by atoms with Gasteiger partial charge in [0.15, 0.2) is 6.61 Å². The zero-order valence-corrected chi connectivity index (χ0v) is 14.9. The molecule has 0 atom stereocenters. The molecular formula is C18H15ClF3NO4. The number of alkyl halides is 3. The normalized spacial score (nSPS) is 11.0. The van der Waals surface area contributed by atoms with E-state index in [4.69, 9.17) is 21.1 Å². The summed E-state index contributed by atoms with van der Waals surface area (Å²) in [4.78, 5) is 23.6. The number of esters is 1. The maximum Gasteiger partial charge on any atom is 0.418 e. The largest absolute Gasteiger partial charge is 0.497 e. The van der Waals surface area contributed by atoms with E-state index >= 15 is 0 Å². The van der Waals surface area contributed by atoms with E-state index in [0.29, 0.717) is 11.3 Å². The monoisotopic (exact) mass is 401 g/mol. The van der Waals surface area contributed by atoms with Crippen molar-refractivity contribution in [3.8, 4) is 5.75 Å². The Morgan fingerprint density at radius 1 is 1.11 bits per heavy atom. The van der Waals surface area contributed by atoms with Crippen LogP contribution in [0.1, 0.15) is 11.1 Å². The van der Waals surface area contributed by atoms with Crippen molar-refractivity contribution in [1.29, 1.82) is 0 Å². The van der Waals surface area contributed by atoms with Crippen LogP contribution < -0.4 is 10.1 Å². The predicted octanol–water partition coefficient (Wildman–Crippen LogP) is 4.09. The lowest BCUT2D eigenvalue weighted by molar-refractivity contribution is -0.146. The minimum absolute atomic E-state index is 0.100. The summed E-state index contributed by atoms with van der Waals surface area (Å²) >= 11 is 5.74. The highest BCUT2D eigenvalue weighted by Crippen LogP contribution is 2.38. The van der Waals surface area contributed by atoms with Crippen LogP contribution in [0.25, 0.3) is 0 Å². The molecule has 0 spiro atoms. The molecule has 0 aliphatic carbocycles. The standard InChI is InChI=1S/C18H15ClF3NO4/c1-26-12-7-5-11(6-8-12)9-16(25)27-10-15(24)23-17-13(18(20,21)22)3-2-4-14(17)19/h2-8H,9-10H2,1H3,(H,23,24). The van der Waals surface area contributed by atoms with Gasteiger partial charge in [0.05, 0.1) is 29.8 Å². The van der Waals surface area contributed by atoms with E-state index in [9.17, 15) is 22.8 Å². The molecule has 2 aromatic carbocycles. The molecule has 2 aromatic rings. The molecule has 0 unspecified atom stereocenters. The van der Waals surface area contributed by atoms with Crippen molar-refractivity contribution in [3.63, 3.8) is 0 Å². The number of rotatable bonds is 6. The minimum Gasteiger partial charge on any atom is -0.497 e. The van der Waals surface area contributed by atoms with Gasteiger partial charge in [-0.1, -0.05) is 29.8 Å². The lowest BCUT2D eigenvalue weighted by Gasteiger charge is -2.15. The lowest BCUT2D eigenvalue weighted by atomic mass is 10.1. The third-order valence-corrected chi connectivity index (χ3v) is 3.77. The predicted molar refractivity (Wildman–Crippen MR) is 92.7 cm³/mol. The van der Waals surface area contributed by atoms with E-state index < -0.39 is 35.9 Å². The van der Waals surface area contributed by atoms with E-state index in [1.807, 2.05) is 5.32 Å². The number of methoxy groups -OCH3 is 1. The van der Waals surface area contributed by atoms with Gasteiger partial charge >= 0.3 is 12.1 Å². The first-order chi connectivity index (χ1) is 12.7. The molecule has 0 heterocycles. The SMILES string of the molecule is COc1ccc(CC(=O)OCC(=O)Nc2c(Cl)cccc2C(F)(F)F)cc1. The number of benzene rings is 2. The lowest BCUT2D eigenvalue weighted by Crippen LogP contribution is -2.23. The fourth-order valence-electron chi connectivity index (χ4n) is 2.17. The molecule has 0 fully saturated rings. The highest BCUT2D eigenvalue weighted by Gasteiger charge is 2.34. The quantitative estimate of drug-likeness (QED) is 0.740. The summed E-state index contributed by atoms with van der Waals surface area (Å²) in [6.45, 7) is -0.739. The second kappa shape index (κ2) is 8.77. The molecule has 27 heavy (non-hydrogen) atoms. The molecule has 0 bridgehead atoms. The van der Waals surface area contributed by atoms with Crippen LogP contribution in [0.15, 0.2) is 42.5 Å². The van der Waals surface area contributed by atoms with Crippen molar-refractivity contribution in [2.45, 2.75) is 12.6 Å². The van der Waals surface area contributed by atoms with E-state index in [1.54, 1.807) is 24.3 Å². The molecule has 1 N–H and O–H groups in total. The first-order valence-corrected chi connectivity index (χ1v) is 8.02. The van der Waals surface area contributed by atoms with Crippen LogP contribution in [-0.2, 0) is 26.9 Å². The molecule has 0 saturated carbocycles. The van der Waals surface area contributed by atoms with Crippen LogP contribution in [0.2, 0.25) is 5.02 Å². The molecule has 0 aromatic heterocycles. The van der Waals surface area contributed by atoms with Crippen LogP contribution in [0.4, 0.5) is 18.9 Å². The number of anilines is 1. The molecule has 0 saturated heterocycles. The minimum atomic E-state index is -4.70. The maximum atomic E-state index is 13.0. The van der Waals surface area contributed by atoms with Gasteiger partial charge in [-0.3, -0.25) is 9.59 Å². The Morgan fingerprint density at radius 3 is 2.37 bits per heavy atom. The number of carbonyl (C=O) groups is 2. The molecule has 5 nitrogen and oxygen atoms in total. The molecule has 2 rings (SSSR count). The topological polar surface area (TPSA) is 64.6 Å². The van der Waals surface area contributed by atoms with Gasteiger partial charge in [0.2, 0.25) is 0 Å². The summed E-state index contributed by atoms with van der Waals surface area (Å²) in [5.41, 5.74) is -1.04. The van der Waals surface area contributed by atoms with Crippen molar-refractivity contribution in [2.24, 2.45) is 0 Å². The van der Waals surface area contributed by atoms with Crippen molar-refractivity contribution in [2.75, 3.05) is 19.0 Å². The zero-order valence-electron chi connectivity index (χ0n) is 14.1. The number of ether oxygens (including phenoxy) is 2. The van der Waals surface area contributed by atoms with E-state index in [2.05, 4.69) is 0 Å². The molecular weight excluding hydrogens is 387 g/mol. The Bertz CT molecular complexity index is 822. The van der Waals surface area contributed by atoms with Gasteiger partial charge in [0.1, 0.15) is 5.75 Å². The molecule has 0 aliphatic rings. The molecule has 144 valence electrons. The first-order valence-electron chi connectivity index (χ1n) is 7.65. The number of para-hydroxylation sites is 1. The van der Waals surface area contributed by atoms with E-state index in [0.717, 1.165) is 12.1 Å². The van der Waals surface area contributed by atoms with Crippen molar-refractivity contribution in [1.82, 2.24) is 0 Å². The molecule has 1 amide bonds. The number of nitrogens with one attached hydrogen (secondary N) is 1. The third kappa shape index (κ3) is 5.89. The first kappa shape index (κ1) is 20.6. The highest BCUT2D eigenvalue weighted by molar-refractivity contribution is 6.34. The van der Waals surface area contributed by atoms with Gasteiger partial charge < -0.3 is 14.8 Å². The molecule has 0 radical (unpaired) electrons. The summed E-state index contributed by atoms with van der Waals surface area (Å²) in [6.07, 6.45) is -4.80. The van der Waals surface area contributed by atoms with E-state index in [1.165, 1.54) is 13.2 Å². The Hall–Kier alpha value is -2.74. The van der Waals surface area contributed by atoms with Gasteiger partial charge in [-0.15, -0.1) is 0 Å². The summed E-state index contributed by atoms with van der Waals surface area (Å²) in [5, 5.41) is 1.76. The van der Waals surface area contributed by atoms with Crippen molar-refractivity contribution < 1.29 is 32.2 Å².